The van der Waals surface area contributed by atoms with Crippen LogP contribution in [0.1, 0.15) is 18.5 Å². The van der Waals surface area contributed by atoms with Crippen molar-refractivity contribution in [3.8, 4) is 5.75 Å². The summed E-state index contributed by atoms with van der Waals surface area (Å²) < 4.78 is 24.7. The number of nitrogens with zero attached hydrogens (tertiary/aromatic N) is 2. The Hall–Kier alpha value is -2.41. The molecule has 2 heterocycles. The molecule has 1 N–H and O–H groups in total. The highest BCUT2D eigenvalue weighted by Crippen LogP contribution is 2.26. The first-order valence-electron chi connectivity index (χ1n) is 8.29. The molecule has 6 nitrogen and oxygen atoms in total. The fourth-order valence-electron chi connectivity index (χ4n) is 3.08. The zero-order valence-electron chi connectivity index (χ0n) is 14.2. The number of imidazole rings is 1. The van der Waals surface area contributed by atoms with Gasteiger partial charge in [0.1, 0.15) is 23.8 Å². The maximum Gasteiger partial charge on any atom is 0.228 e. The van der Waals surface area contributed by atoms with Crippen LogP contribution in [-0.4, -0.2) is 53.2 Å². The Labute approximate surface area is 146 Å². The number of aromatic nitrogens is 2. The monoisotopic (exact) mass is 347 g/mol. The minimum atomic E-state index is -0.589. The van der Waals surface area contributed by atoms with Gasteiger partial charge < -0.3 is 19.4 Å². The summed E-state index contributed by atoms with van der Waals surface area (Å²) in [7, 11) is 1.62. The van der Waals surface area contributed by atoms with Gasteiger partial charge in [0.15, 0.2) is 0 Å². The number of benzene rings is 1. The molecule has 25 heavy (non-hydrogen) atoms. The highest BCUT2D eigenvalue weighted by atomic mass is 19.1. The summed E-state index contributed by atoms with van der Waals surface area (Å²) in [6, 6.07) is 6.02. The van der Waals surface area contributed by atoms with E-state index in [-0.39, 0.29) is 24.8 Å². The van der Waals surface area contributed by atoms with Crippen molar-refractivity contribution in [2.75, 3.05) is 26.8 Å². The Balaban J connectivity index is 1.63. The summed E-state index contributed by atoms with van der Waals surface area (Å²) in [5, 5.41) is 0. The second kappa shape index (κ2) is 7.65. The lowest BCUT2D eigenvalue weighted by atomic mass is 9.93. The van der Waals surface area contributed by atoms with Crippen molar-refractivity contribution in [1.29, 1.82) is 0 Å². The maximum atomic E-state index is 13.3. The molecule has 0 aliphatic carbocycles. The first kappa shape index (κ1) is 17.4. The molecule has 3 rings (SSSR count). The Morgan fingerprint density at radius 3 is 3.08 bits per heavy atom. The molecule has 1 aliphatic heterocycles. The van der Waals surface area contributed by atoms with Gasteiger partial charge in [-0.15, -0.1) is 0 Å². The van der Waals surface area contributed by atoms with Crippen molar-refractivity contribution >= 4 is 5.91 Å². The first-order chi connectivity index (χ1) is 12.1. The molecule has 1 fully saturated rings. The van der Waals surface area contributed by atoms with Crippen LogP contribution in [0.5, 0.6) is 5.75 Å². The molecule has 0 saturated carbocycles. The Morgan fingerprint density at radius 1 is 1.48 bits per heavy atom. The molecule has 7 heteroatoms. The predicted molar refractivity (Wildman–Crippen MR) is 89.7 cm³/mol. The molecule has 0 spiro atoms. The van der Waals surface area contributed by atoms with E-state index in [2.05, 4.69) is 9.97 Å². The largest absolute Gasteiger partial charge is 0.490 e. The quantitative estimate of drug-likeness (QED) is 0.870. The molecule has 134 valence electrons. The number of piperidine rings is 1. The van der Waals surface area contributed by atoms with Crippen molar-refractivity contribution in [1.82, 2.24) is 14.9 Å². The van der Waals surface area contributed by atoms with Gasteiger partial charge in [0.2, 0.25) is 5.91 Å². The zero-order chi connectivity index (χ0) is 17.7. The highest BCUT2D eigenvalue weighted by molar-refractivity contribution is 5.78. The topological polar surface area (TPSA) is 67.5 Å². The van der Waals surface area contributed by atoms with E-state index in [1.165, 1.54) is 12.1 Å². The third-order valence-corrected chi connectivity index (χ3v) is 4.52. The molecule has 0 radical (unpaired) electrons. The van der Waals surface area contributed by atoms with Crippen LogP contribution in [0.3, 0.4) is 0 Å². The normalized spacial score (nSPS) is 20.5. The number of nitrogens with one attached hydrogen (secondary N) is 1. The van der Waals surface area contributed by atoms with Gasteiger partial charge in [-0.25, -0.2) is 9.37 Å². The number of H-pyrrole nitrogens is 1. The van der Waals surface area contributed by atoms with Crippen LogP contribution in [0, 0.1) is 5.82 Å². The minimum absolute atomic E-state index is 0.0242. The Bertz CT molecular complexity index is 707. The molecular formula is C18H22FN3O3. The van der Waals surface area contributed by atoms with Gasteiger partial charge >= 0.3 is 0 Å². The SMILES string of the molecule is COC1(COc2cccc(F)c2)CCCN(C(=O)Cc2cnc[nH]2)C1. The standard InChI is InChI=1S/C18H22FN3O3/c1-24-18(12-25-16-5-2-4-14(19)8-16)6-3-7-22(11-18)17(23)9-15-10-20-13-21-15/h2,4-5,8,10,13H,3,6-7,9,11-12H2,1H3,(H,20,21). The molecule has 1 aromatic carbocycles. The predicted octanol–water partition coefficient (Wildman–Crippen LogP) is 2.18. The minimum Gasteiger partial charge on any atom is -0.490 e. The molecule has 1 amide bonds. The number of carbonyl (C=O) groups excluding carboxylic acids is 1. The van der Waals surface area contributed by atoms with Crippen molar-refractivity contribution in [2.45, 2.75) is 24.9 Å². The van der Waals surface area contributed by atoms with Crippen LogP contribution in [-0.2, 0) is 16.0 Å². The lowest BCUT2D eigenvalue weighted by molar-refractivity contribution is -0.142. The molecular weight excluding hydrogens is 325 g/mol. The second-order valence-electron chi connectivity index (χ2n) is 6.31. The third-order valence-electron chi connectivity index (χ3n) is 4.52. The van der Waals surface area contributed by atoms with E-state index in [1.807, 2.05) is 0 Å². The highest BCUT2D eigenvalue weighted by Gasteiger charge is 2.38. The van der Waals surface area contributed by atoms with Crippen LogP contribution >= 0.6 is 0 Å². The van der Waals surface area contributed by atoms with E-state index < -0.39 is 5.60 Å². The van der Waals surface area contributed by atoms with Gasteiger partial charge in [-0.3, -0.25) is 4.79 Å². The number of amides is 1. The Morgan fingerprint density at radius 2 is 2.36 bits per heavy atom. The van der Waals surface area contributed by atoms with Crippen LogP contribution in [0.2, 0.25) is 0 Å². The van der Waals surface area contributed by atoms with E-state index in [0.29, 0.717) is 18.8 Å². The van der Waals surface area contributed by atoms with Gasteiger partial charge in [0.25, 0.3) is 0 Å². The maximum absolute atomic E-state index is 13.3. The average Bonchev–Trinajstić information content (AvgIpc) is 3.13. The van der Waals surface area contributed by atoms with Crippen LogP contribution in [0.4, 0.5) is 4.39 Å². The van der Waals surface area contributed by atoms with Crippen molar-refractivity contribution in [3.63, 3.8) is 0 Å². The molecule has 1 aliphatic rings. The number of halogens is 1. The summed E-state index contributed by atoms with van der Waals surface area (Å²) in [5.74, 6) is 0.137. The van der Waals surface area contributed by atoms with Gasteiger partial charge in [0.05, 0.1) is 19.3 Å². The van der Waals surface area contributed by atoms with Gasteiger partial charge in [0, 0.05) is 31.6 Å². The Kier molecular flexibility index (Phi) is 5.33. The number of methoxy groups -OCH3 is 1. The first-order valence-corrected chi connectivity index (χ1v) is 8.29. The summed E-state index contributed by atoms with van der Waals surface area (Å²) in [5.41, 5.74) is 0.198. The van der Waals surface area contributed by atoms with Crippen LogP contribution in [0.15, 0.2) is 36.8 Å². The van der Waals surface area contributed by atoms with Gasteiger partial charge in [-0.2, -0.15) is 0 Å². The number of carbonyl (C=O) groups is 1. The lowest BCUT2D eigenvalue weighted by Crippen LogP contribution is -2.54. The number of hydrogen-bond donors (Lipinski definition) is 1. The van der Waals surface area contributed by atoms with E-state index in [9.17, 15) is 9.18 Å². The van der Waals surface area contributed by atoms with Crippen LogP contribution < -0.4 is 4.74 Å². The molecule has 0 bridgehead atoms. The number of hydrogen-bond acceptors (Lipinski definition) is 4. The second-order valence-corrected chi connectivity index (χ2v) is 6.31. The molecule has 2 aromatic rings. The number of aromatic amines is 1. The van der Waals surface area contributed by atoms with Crippen molar-refractivity contribution in [2.24, 2.45) is 0 Å². The third kappa shape index (κ3) is 4.36. The lowest BCUT2D eigenvalue weighted by Gasteiger charge is -2.41. The number of ether oxygens (including phenoxy) is 2. The van der Waals surface area contributed by atoms with Gasteiger partial charge in [-0.05, 0) is 25.0 Å². The van der Waals surface area contributed by atoms with E-state index in [1.54, 1.807) is 36.7 Å². The zero-order valence-corrected chi connectivity index (χ0v) is 14.2. The number of rotatable bonds is 6. The average molecular weight is 347 g/mol. The fraction of sp³-hybridized carbons (Fsp3) is 0.444. The summed E-state index contributed by atoms with van der Waals surface area (Å²) in [4.78, 5) is 21.2. The molecule has 1 unspecified atom stereocenters. The fourth-order valence-corrected chi connectivity index (χ4v) is 3.08. The van der Waals surface area contributed by atoms with Crippen molar-refractivity contribution < 1.29 is 18.7 Å². The molecule has 1 aromatic heterocycles. The van der Waals surface area contributed by atoms with E-state index >= 15 is 0 Å². The smallest absolute Gasteiger partial charge is 0.228 e. The molecule has 1 saturated heterocycles. The van der Waals surface area contributed by atoms with E-state index in [4.69, 9.17) is 9.47 Å². The molecule has 1 atom stereocenters. The summed E-state index contributed by atoms with van der Waals surface area (Å²) in [6.45, 7) is 1.41. The summed E-state index contributed by atoms with van der Waals surface area (Å²) >= 11 is 0. The number of likely N-dealkylation sites (tertiary alicyclic amines) is 1. The van der Waals surface area contributed by atoms with Crippen LogP contribution in [0.25, 0.3) is 0 Å². The summed E-state index contributed by atoms with van der Waals surface area (Å²) in [6.07, 6.45) is 5.11. The van der Waals surface area contributed by atoms with Gasteiger partial charge in [-0.1, -0.05) is 6.07 Å². The van der Waals surface area contributed by atoms with E-state index in [0.717, 1.165) is 18.5 Å². The van der Waals surface area contributed by atoms with Crippen molar-refractivity contribution in [3.05, 3.63) is 48.3 Å².